The van der Waals surface area contributed by atoms with Gasteiger partial charge < -0.3 is 15.4 Å². The largest absolute Gasteiger partial charge is 0.481 e. The highest BCUT2D eigenvalue weighted by Crippen LogP contribution is 2.24. The van der Waals surface area contributed by atoms with Gasteiger partial charge in [-0.2, -0.15) is 0 Å². The Morgan fingerprint density at radius 1 is 0.875 bits per heavy atom. The monoisotopic (exact) mass is 450 g/mol. The first-order valence-corrected chi connectivity index (χ1v) is 11.0. The van der Waals surface area contributed by atoms with Crippen LogP contribution in [0.15, 0.2) is 66.7 Å². The van der Waals surface area contributed by atoms with Crippen LogP contribution in [0, 0.1) is 0 Å². The number of halogens is 1. The van der Waals surface area contributed by atoms with Crippen LogP contribution in [0.4, 0.5) is 11.4 Å². The lowest BCUT2D eigenvalue weighted by Gasteiger charge is -2.16. The van der Waals surface area contributed by atoms with E-state index in [9.17, 15) is 9.59 Å². The Labute approximate surface area is 193 Å². The molecule has 6 heteroatoms. The second kappa shape index (κ2) is 10.8. The number of rotatable bonds is 8. The highest BCUT2D eigenvalue weighted by atomic mass is 35.5. The molecule has 0 fully saturated rings. The minimum Gasteiger partial charge on any atom is -0.481 e. The van der Waals surface area contributed by atoms with Crippen LogP contribution in [-0.4, -0.2) is 17.9 Å². The van der Waals surface area contributed by atoms with Crippen molar-refractivity contribution in [3.8, 4) is 5.75 Å². The number of aryl methyl sites for hydroxylation is 2. The SMILES string of the molecule is CCc1cccc(CC)c1NC(=O)c1ccc(OC(C)C(=O)Nc2ccc(Cl)cc2)cc1. The zero-order valence-corrected chi connectivity index (χ0v) is 19.2. The average molecular weight is 451 g/mol. The summed E-state index contributed by atoms with van der Waals surface area (Å²) in [6.45, 7) is 5.81. The number of benzene rings is 3. The van der Waals surface area contributed by atoms with E-state index in [2.05, 4.69) is 24.5 Å². The molecule has 2 N–H and O–H groups in total. The number of nitrogens with one attached hydrogen (secondary N) is 2. The topological polar surface area (TPSA) is 67.4 Å². The van der Waals surface area contributed by atoms with Gasteiger partial charge in [-0.05, 0) is 79.4 Å². The van der Waals surface area contributed by atoms with Crippen molar-refractivity contribution < 1.29 is 14.3 Å². The fraction of sp³-hybridized carbons (Fsp3) is 0.231. The molecule has 0 heterocycles. The van der Waals surface area contributed by atoms with Crippen molar-refractivity contribution in [2.45, 2.75) is 39.7 Å². The van der Waals surface area contributed by atoms with E-state index in [0.29, 0.717) is 22.0 Å². The maximum Gasteiger partial charge on any atom is 0.265 e. The van der Waals surface area contributed by atoms with E-state index < -0.39 is 6.10 Å². The Morgan fingerprint density at radius 3 is 2.03 bits per heavy atom. The minimum absolute atomic E-state index is 0.180. The molecule has 0 aliphatic heterocycles. The predicted octanol–water partition coefficient (Wildman–Crippen LogP) is 6.12. The Balaban J connectivity index is 1.63. The Morgan fingerprint density at radius 2 is 1.47 bits per heavy atom. The second-order valence-corrected chi connectivity index (χ2v) is 7.83. The van der Waals surface area contributed by atoms with Crippen LogP contribution in [0.2, 0.25) is 5.02 Å². The number of carbonyl (C=O) groups excluding carboxylic acids is 2. The van der Waals surface area contributed by atoms with Crippen LogP contribution < -0.4 is 15.4 Å². The third-order valence-electron chi connectivity index (χ3n) is 5.15. The first-order valence-electron chi connectivity index (χ1n) is 10.7. The summed E-state index contributed by atoms with van der Waals surface area (Å²) in [7, 11) is 0. The van der Waals surface area contributed by atoms with Gasteiger partial charge in [0, 0.05) is 22.0 Å². The molecule has 0 saturated carbocycles. The number of para-hydroxylation sites is 1. The minimum atomic E-state index is -0.714. The van der Waals surface area contributed by atoms with Crippen LogP contribution in [0.3, 0.4) is 0 Å². The number of hydrogen-bond acceptors (Lipinski definition) is 3. The van der Waals surface area contributed by atoms with E-state index in [1.165, 1.54) is 0 Å². The summed E-state index contributed by atoms with van der Waals surface area (Å²) in [5.74, 6) is 0.0431. The van der Waals surface area contributed by atoms with Gasteiger partial charge in [0.1, 0.15) is 5.75 Å². The number of amides is 2. The molecule has 0 saturated heterocycles. The van der Waals surface area contributed by atoms with Crippen LogP contribution in [0.25, 0.3) is 0 Å². The Bertz CT molecular complexity index is 1060. The number of hydrogen-bond donors (Lipinski definition) is 2. The summed E-state index contributed by atoms with van der Waals surface area (Å²) in [5.41, 5.74) is 4.26. The molecule has 0 radical (unpaired) electrons. The van der Waals surface area contributed by atoms with Crippen LogP contribution >= 0.6 is 11.6 Å². The highest BCUT2D eigenvalue weighted by molar-refractivity contribution is 6.30. The Kier molecular flexibility index (Phi) is 7.90. The van der Waals surface area contributed by atoms with E-state index >= 15 is 0 Å². The van der Waals surface area contributed by atoms with Gasteiger partial charge in [0.05, 0.1) is 0 Å². The second-order valence-electron chi connectivity index (χ2n) is 7.39. The van der Waals surface area contributed by atoms with E-state index in [0.717, 1.165) is 29.7 Å². The van der Waals surface area contributed by atoms with E-state index in [-0.39, 0.29) is 11.8 Å². The molecular weight excluding hydrogens is 424 g/mol. The molecule has 5 nitrogen and oxygen atoms in total. The zero-order chi connectivity index (χ0) is 23.1. The number of anilines is 2. The van der Waals surface area contributed by atoms with Crippen molar-refractivity contribution in [2.75, 3.05) is 10.6 Å². The van der Waals surface area contributed by atoms with Gasteiger partial charge in [0.25, 0.3) is 11.8 Å². The summed E-state index contributed by atoms with van der Waals surface area (Å²) >= 11 is 5.86. The fourth-order valence-electron chi connectivity index (χ4n) is 3.31. The molecule has 2 amide bonds. The van der Waals surface area contributed by atoms with Crippen molar-refractivity contribution in [3.05, 3.63) is 88.4 Å². The third kappa shape index (κ3) is 5.89. The molecule has 1 unspecified atom stereocenters. The van der Waals surface area contributed by atoms with E-state index in [1.807, 2.05) is 18.2 Å². The van der Waals surface area contributed by atoms with Crippen molar-refractivity contribution >= 4 is 34.8 Å². The molecule has 166 valence electrons. The number of ether oxygens (including phenoxy) is 1. The molecular formula is C26H27ClN2O3. The molecule has 1 atom stereocenters. The lowest BCUT2D eigenvalue weighted by Crippen LogP contribution is -2.30. The van der Waals surface area contributed by atoms with Crippen LogP contribution in [0.5, 0.6) is 5.75 Å². The van der Waals surface area contributed by atoms with Crippen molar-refractivity contribution in [3.63, 3.8) is 0 Å². The molecule has 0 aliphatic carbocycles. The van der Waals surface area contributed by atoms with Crippen LogP contribution in [0.1, 0.15) is 42.3 Å². The number of carbonyl (C=O) groups is 2. The van der Waals surface area contributed by atoms with Gasteiger partial charge in [0.2, 0.25) is 0 Å². The van der Waals surface area contributed by atoms with Crippen molar-refractivity contribution in [1.82, 2.24) is 0 Å². The molecule has 0 bridgehead atoms. The van der Waals surface area contributed by atoms with Gasteiger partial charge >= 0.3 is 0 Å². The van der Waals surface area contributed by atoms with Gasteiger partial charge in [-0.1, -0.05) is 43.6 Å². The third-order valence-corrected chi connectivity index (χ3v) is 5.40. The summed E-state index contributed by atoms with van der Waals surface area (Å²) < 4.78 is 5.73. The first kappa shape index (κ1) is 23.4. The highest BCUT2D eigenvalue weighted by Gasteiger charge is 2.16. The van der Waals surface area contributed by atoms with E-state index in [4.69, 9.17) is 16.3 Å². The lowest BCUT2D eigenvalue weighted by atomic mass is 10.0. The van der Waals surface area contributed by atoms with Gasteiger partial charge in [-0.3, -0.25) is 9.59 Å². The standard InChI is InChI=1S/C26H27ClN2O3/c1-4-18-7-6-8-19(5-2)24(18)29-26(31)20-9-15-23(16-10-20)32-17(3)25(30)28-22-13-11-21(27)12-14-22/h6-17H,4-5H2,1-3H3,(H,28,30)(H,29,31). The lowest BCUT2D eigenvalue weighted by molar-refractivity contribution is -0.122. The molecule has 3 aromatic rings. The average Bonchev–Trinajstić information content (AvgIpc) is 2.81. The maximum atomic E-state index is 12.8. The summed E-state index contributed by atoms with van der Waals surface area (Å²) in [6.07, 6.45) is 0.965. The quantitative estimate of drug-likeness (QED) is 0.434. The fourth-order valence-corrected chi connectivity index (χ4v) is 3.43. The predicted molar refractivity (Wildman–Crippen MR) is 130 cm³/mol. The molecule has 3 rings (SSSR count). The summed E-state index contributed by atoms with van der Waals surface area (Å²) in [6, 6.07) is 19.7. The Hall–Kier alpha value is -3.31. The normalized spacial score (nSPS) is 11.5. The zero-order valence-electron chi connectivity index (χ0n) is 18.4. The van der Waals surface area contributed by atoms with Gasteiger partial charge in [-0.15, -0.1) is 0 Å². The van der Waals surface area contributed by atoms with Crippen molar-refractivity contribution in [1.29, 1.82) is 0 Å². The molecule has 32 heavy (non-hydrogen) atoms. The maximum absolute atomic E-state index is 12.8. The van der Waals surface area contributed by atoms with Gasteiger partial charge in [0.15, 0.2) is 6.10 Å². The van der Waals surface area contributed by atoms with E-state index in [1.54, 1.807) is 55.5 Å². The van der Waals surface area contributed by atoms with Gasteiger partial charge in [-0.25, -0.2) is 0 Å². The van der Waals surface area contributed by atoms with Crippen LogP contribution in [-0.2, 0) is 17.6 Å². The summed E-state index contributed by atoms with van der Waals surface area (Å²) in [4.78, 5) is 25.2. The molecule has 3 aromatic carbocycles. The molecule has 0 spiro atoms. The smallest absolute Gasteiger partial charge is 0.265 e. The molecule has 0 aromatic heterocycles. The molecule has 0 aliphatic rings. The van der Waals surface area contributed by atoms with Crippen molar-refractivity contribution in [2.24, 2.45) is 0 Å². The summed E-state index contributed by atoms with van der Waals surface area (Å²) in [5, 5.41) is 6.43. The first-order chi connectivity index (χ1) is 15.4.